The summed E-state index contributed by atoms with van der Waals surface area (Å²) in [5.74, 6) is -0.479. The van der Waals surface area contributed by atoms with E-state index in [9.17, 15) is 14.4 Å². The van der Waals surface area contributed by atoms with Gasteiger partial charge < -0.3 is 15.2 Å². The fraction of sp³-hybridized carbons (Fsp3) is 0.188. The third-order valence-electron chi connectivity index (χ3n) is 3.63. The maximum absolute atomic E-state index is 12.1. The molecule has 2 aromatic rings. The number of nitrogens with one attached hydrogen (secondary N) is 2. The molecule has 0 radical (unpaired) electrons. The van der Waals surface area contributed by atoms with E-state index in [0.29, 0.717) is 29.4 Å². The van der Waals surface area contributed by atoms with Crippen LogP contribution < -0.4 is 15.8 Å². The van der Waals surface area contributed by atoms with Crippen molar-refractivity contribution in [2.24, 2.45) is 0 Å². The third kappa shape index (κ3) is 3.12. The highest BCUT2D eigenvalue weighted by Crippen LogP contribution is 2.31. The van der Waals surface area contributed by atoms with E-state index in [4.69, 9.17) is 11.6 Å². The Morgan fingerprint density at radius 1 is 1.26 bits per heavy atom. The van der Waals surface area contributed by atoms with E-state index in [1.165, 1.54) is 12.3 Å². The summed E-state index contributed by atoms with van der Waals surface area (Å²) in [6.45, 7) is 0.643. The summed E-state index contributed by atoms with van der Waals surface area (Å²) in [6, 6.07) is 7.92. The van der Waals surface area contributed by atoms with Gasteiger partial charge in [0.2, 0.25) is 5.91 Å². The molecule has 6 nitrogen and oxygen atoms in total. The van der Waals surface area contributed by atoms with Crippen LogP contribution in [0.2, 0.25) is 5.02 Å². The highest BCUT2D eigenvalue weighted by atomic mass is 35.5. The van der Waals surface area contributed by atoms with Crippen molar-refractivity contribution < 1.29 is 9.59 Å². The van der Waals surface area contributed by atoms with Crippen molar-refractivity contribution in [2.75, 3.05) is 16.8 Å². The number of aromatic nitrogens is 1. The lowest BCUT2D eigenvalue weighted by atomic mass is 10.2. The van der Waals surface area contributed by atoms with Crippen molar-refractivity contribution in [1.82, 2.24) is 4.98 Å². The van der Waals surface area contributed by atoms with E-state index in [2.05, 4.69) is 10.3 Å². The molecule has 1 aliphatic heterocycles. The second-order valence-electron chi connectivity index (χ2n) is 5.18. The molecular weight excluding hydrogens is 318 g/mol. The Kier molecular flexibility index (Phi) is 4.16. The predicted molar refractivity (Wildman–Crippen MR) is 88.1 cm³/mol. The molecule has 2 N–H and O–H groups in total. The number of carbonyl (C=O) groups is 2. The van der Waals surface area contributed by atoms with Gasteiger partial charge in [0.05, 0.1) is 10.7 Å². The van der Waals surface area contributed by atoms with Crippen molar-refractivity contribution in [3.63, 3.8) is 0 Å². The molecule has 0 saturated carbocycles. The highest BCUT2D eigenvalue weighted by Gasteiger charge is 2.23. The Balaban J connectivity index is 1.81. The summed E-state index contributed by atoms with van der Waals surface area (Å²) in [4.78, 5) is 39.5. The van der Waals surface area contributed by atoms with E-state index >= 15 is 0 Å². The Labute approximate surface area is 137 Å². The summed E-state index contributed by atoms with van der Waals surface area (Å²) >= 11 is 6.22. The van der Waals surface area contributed by atoms with Gasteiger partial charge in [-0.1, -0.05) is 11.6 Å². The third-order valence-corrected chi connectivity index (χ3v) is 3.94. The molecule has 0 aliphatic carbocycles. The summed E-state index contributed by atoms with van der Waals surface area (Å²) in [7, 11) is 0. The van der Waals surface area contributed by atoms with Gasteiger partial charge in [0.15, 0.2) is 0 Å². The molecule has 0 bridgehead atoms. The number of halogens is 1. The van der Waals surface area contributed by atoms with Gasteiger partial charge in [-0.2, -0.15) is 0 Å². The van der Waals surface area contributed by atoms with Crippen molar-refractivity contribution >= 4 is 34.8 Å². The Hall–Kier alpha value is -2.60. The zero-order chi connectivity index (χ0) is 16.4. The molecule has 2 heterocycles. The first kappa shape index (κ1) is 15.3. The number of amides is 2. The largest absolute Gasteiger partial charge is 0.328 e. The molecule has 0 spiro atoms. The number of nitrogens with zero attached hydrogens (tertiary/aromatic N) is 1. The molecule has 1 saturated heterocycles. The molecule has 1 aromatic carbocycles. The minimum atomic E-state index is -0.520. The molecule has 2 amide bonds. The van der Waals surface area contributed by atoms with E-state index in [-0.39, 0.29) is 11.5 Å². The number of benzene rings is 1. The number of rotatable bonds is 3. The molecule has 0 atom stereocenters. The molecule has 1 aliphatic rings. The maximum atomic E-state index is 12.1. The van der Waals surface area contributed by atoms with Gasteiger partial charge in [-0.3, -0.25) is 14.4 Å². The number of anilines is 2. The molecule has 3 rings (SSSR count). The van der Waals surface area contributed by atoms with E-state index in [1.807, 2.05) is 0 Å². The van der Waals surface area contributed by atoms with Crippen molar-refractivity contribution in [3.05, 3.63) is 57.5 Å². The van der Waals surface area contributed by atoms with E-state index in [0.717, 1.165) is 6.42 Å². The van der Waals surface area contributed by atoms with Crippen molar-refractivity contribution in [2.45, 2.75) is 12.8 Å². The summed E-state index contributed by atoms with van der Waals surface area (Å²) in [5, 5.41) is 3.00. The fourth-order valence-corrected chi connectivity index (χ4v) is 2.79. The van der Waals surface area contributed by atoms with Gasteiger partial charge in [0.25, 0.3) is 11.5 Å². The number of carbonyl (C=O) groups excluding carboxylic acids is 2. The smallest absolute Gasteiger partial charge is 0.261 e. The molecule has 1 aromatic heterocycles. The second kappa shape index (κ2) is 6.26. The number of aromatic amines is 1. The average Bonchev–Trinajstić information content (AvgIpc) is 2.94. The van der Waals surface area contributed by atoms with Gasteiger partial charge in [-0.25, -0.2) is 0 Å². The van der Waals surface area contributed by atoms with Crippen LogP contribution in [0.15, 0.2) is 41.3 Å². The standard InChI is InChI=1S/C16H14ClN3O3/c17-12-9-10(5-6-13(12)20-8-2-4-14(20)21)19-16(23)11-3-1-7-18-15(11)22/h1,3,5-7,9H,2,4,8H2,(H,18,22)(H,19,23). The van der Waals surface area contributed by atoms with Crippen LogP contribution in [0.25, 0.3) is 0 Å². The van der Waals surface area contributed by atoms with E-state index < -0.39 is 11.5 Å². The lowest BCUT2D eigenvalue weighted by Gasteiger charge is -2.18. The fourth-order valence-electron chi connectivity index (χ4n) is 2.51. The van der Waals surface area contributed by atoms with E-state index in [1.54, 1.807) is 29.2 Å². The van der Waals surface area contributed by atoms with Crippen LogP contribution in [0, 0.1) is 0 Å². The molecule has 0 unspecified atom stereocenters. The lowest BCUT2D eigenvalue weighted by molar-refractivity contribution is -0.117. The average molecular weight is 332 g/mol. The zero-order valence-corrected chi connectivity index (χ0v) is 12.9. The maximum Gasteiger partial charge on any atom is 0.261 e. The summed E-state index contributed by atoms with van der Waals surface area (Å²) < 4.78 is 0. The van der Waals surface area contributed by atoms with Gasteiger partial charge in [-0.15, -0.1) is 0 Å². The first-order chi connectivity index (χ1) is 11.1. The summed E-state index contributed by atoms with van der Waals surface area (Å²) in [5.41, 5.74) is 0.640. The quantitative estimate of drug-likeness (QED) is 0.906. The van der Waals surface area contributed by atoms with Crippen LogP contribution in [0.5, 0.6) is 0 Å². The van der Waals surface area contributed by atoms with Gasteiger partial charge >= 0.3 is 0 Å². The molecule has 7 heteroatoms. The molecule has 1 fully saturated rings. The number of hydrogen-bond acceptors (Lipinski definition) is 3. The van der Waals surface area contributed by atoms with Crippen molar-refractivity contribution in [3.8, 4) is 0 Å². The highest BCUT2D eigenvalue weighted by molar-refractivity contribution is 6.34. The monoisotopic (exact) mass is 331 g/mol. The van der Waals surface area contributed by atoms with Crippen LogP contribution in [-0.2, 0) is 4.79 Å². The predicted octanol–water partition coefficient (Wildman–Crippen LogP) is 2.41. The Bertz CT molecular complexity index is 831. The van der Waals surface area contributed by atoms with Crippen LogP contribution in [-0.4, -0.2) is 23.3 Å². The van der Waals surface area contributed by atoms with Crippen LogP contribution in [0.3, 0.4) is 0 Å². The number of H-pyrrole nitrogens is 1. The topological polar surface area (TPSA) is 82.3 Å². The SMILES string of the molecule is O=C(Nc1ccc(N2CCCC2=O)c(Cl)c1)c1ccc[nH]c1=O. The minimum absolute atomic E-state index is 0.0161. The molecule has 23 heavy (non-hydrogen) atoms. The minimum Gasteiger partial charge on any atom is -0.328 e. The molecular formula is C16H14ClN3O3. The number of pyridine rings is 1. The first-order valence-corrected chi connectivity index (χ1v) is 7.53. The number of hydrogen-bond donors (Lipinski definition) is 2. The van der Waals surface area contributed by atoms with Gasteiger partial charge in [0, 0.05) is 24.8 Å². The lowest BCUT2D eigenvalue weighted by Crippen LogP contribution is -2.24. The molecule has 118 valence electrons. The Morgan fingerprint density at radius 2 is 2.09 bits per heavy atom. The normalized spacial score (nSPS) is 14.1. The van der Waals surface area contributed by atoms with Crippen LogP contribution in [0.1, 0.15) is 23.2 Å². The second-order valence-corrected chi connectivity index (χ2v) is 5.59. The zero-order valence-electron chi connectivity index (χ0n) is 12.1. The first-order valence-electron chi connectivity index (χ1n) is 7.15. The van der Waals surface area contributed by atoms with Crippen LogP contribution >= 0.6 is 11.6 Å². The van der Waals surface area contributed by atoms with Gasteiger partial charge in [0.1, 0.15) is 5.56 Å². The Morgan fingerprint density at radius 3 is 2.74 bits per heavy atom. The summed E-state index contributed by atoms with van der Waals surface area (Å²) in [6.07, 6.45) is 2.79. The van der Waals surface area contributed by atoms with Crippen molar-refractivity contribution in [1.29, 1.82) is 0 Å². The van der Waals surface area contributed by atoms with Crippen LogP contribution in [0.4, 0.5) is 11.4 Å². The van der Waals surface area contributed by atoms with Gasteiger partial charge in [-0.05, 0) is 36.8 Å².